The van der Waals surface area contributed by atoms with E-state index in [4.69, 9.17) is 5.11 Å². The molecule has 19 heavy (non-hydrogen) atoms. The Morgan fingerprint density at radius 3 is 2.79 bits per heavy atom. The second-order valence-corrected chi connectivity index (χ2v) is 4.93. The Hall–Kier alpha value is -1.89. The molecule has 2 rings (SSSR count). The van der Waals surface area contributed by atoms with Gasteiger partial charge in [0.1, 0.15) is 11.6 Å². The minimum Gasteiger partial charge on any atom is -0.478 e. The maximum absolute atomic E-state index is 13.0. The van der Waals surface area contributed by atoms with E-state index in [9.17, 15) is 9.18 Å². The van der Waals surface area contributed by atoms with Gasteiger partial charge in [0.05, 0.1) is 5.56 Å². The van der Waals surface area contributed by atoms with Crippen LogP contribution < -0.4 is 0 Å². The minimum atomic E-state index is -1.13. The van der Waals surface area contributed by atoms with Crippen molar-refractivity contribution in [1.29, 1.82) is 0 Å². The van der Waals surface area contributed by atoms with E-state index in [1.54, 1.807) is 0 Å². The summed E-state index contributed by atoms with van der Waals surface area (Å²) in [5.74, 6) is -0.515. The van der Waals surface area contributed by atoms with E-state index >= 15 is 0 Å². The third-order valence-electron chi connectivity index (χ3n) is 2.71. The molecular weight excluding hydrogens is 269 g/mol. The molecule has 1 N–H and O–H groups in total. The SMILES string of the molecule is Cc1nnc(SCc2ccc(F)cc2C(=O)O)n1C. The van der Waals surface area contributed by atoms with Crippen molar-refractivity contribution >= 4 is 17.7 Å². The molecule has 0 saturated carbocycles. The van der Waals surface area contributed by atoms with Crippen molar-refractivity contribution in [2.24, 2.45) is 7.05 Å². The molecule has 0 saturated heterocycles. The Balaban J connectivity index is 2.20. The van der Waals surface area contributed by atoms with Gasteiger partial charge in [0.25, 0.3) is 0 Å². The molecule has 0 spiro atoms. The zero-order valence-corrected chi connectivity index (χ0v) is 11.2. The number of carboxylic acids is 1. The number of thioether (sulfide) groups is 1. The summed E-state index contributed by atoms with van der Waals surface area (Å²) >= 11 is 1.36. The molecule has 100 valence electrons. The Labute approximate surface area is 113 Å². The third-order valence-corrected chi connectivity index (χ3v) is 3.78. The molecule has 0 amide bonds. The predicted octanol–water partition coefficient (Wildman–Crippen LogP) is 2.25. The van der Waals surface area contributed by atoms with Crippen LogP contribution in [0.2, 0.25) is 0 Å². The first-order valence-electron chi connectivity index (χ1n) is 5.49. The molecule has 0 radical (unpaired) electrons. The third kappa shape index (κ3) is 2.93. The second-order valence-electron chi connectivity index (χ2n) is 3.98. The van der Waals surface area contributed by atoms with Gasteiger partial charge in [-0.05, 0) is 24.6 Å². The lowest BCUT2D eigenvalue weighted by atomic mass is 10.1. The van der Waals surface area contributed by atoms with Crippen LogP contribution in [-0.2, 0) is 12.8 Å². The molecule has 1 heterocycles. The fraction of sp³-hybridized carbons (Fsp3) is 0.250. The Morgan fingerprint density at radius 2 is 2.21 bits per heavy atom. The quantitative estimate of drug-likeness (QED) is 0.871. The largest absolute Gasteiger partial charge is 0.478 e. The van der Waals surface area contributed by atoms with Gasteiger partial charge in [-0.15, -0.1) is 10.2 Å². The van der Waals surface area contributed by atoms with E-state index in [-0.39, 0.29) is 5.56 Å². The van der Waals surface area contributed by atoms with Crippen LogP contribution in [0, 0.1) is 12.7 Å². The lowest BCUT2D eigenvalue weighted by Crippen LogP contribution is -2.03. The van der Waals surface area contributed by atoms with Crippen LogP contribution in [0.15, 0.2) is 23.4 Å². The van der Waals surface area contributed by atoms with E-state index in [0.717, 1.165) is 11.9 Å². The molecule has 2 aromatic rings. The number of hydrogen-bond donors (Lipinski definition) is 1. The van der Waals surface area contributed by atoms with Gasteiger partial charge < -0.3 is 9.67 Å². The first-order chi connectivity index (χ1) is 8.99. The standard InChI is InChI=1S/C12H12FN3O2S/c1-7-14-15-12(16(7)2)19-6-8-3-4-9(13)5-10(8)11(17)18/h3-5H,6H2,1-2H3,(H,17,18). The van der Waals surface area contributed by atoms with Crippen LogP contribution in [0.1, 0.15) is 21.7 Å². The molecule has 0 aliphatic rings. The first kappa shape index (κ1) is 13.5. The van der Waals surface area contributed by atoms with Crippen molar-refractivity contribution in [3.63, 3.8) is 0 Å². The summed E-state index contributed by atoms with van der Waals surface area (Å²) in [5, 5.41) is 17.6. The van der Waals surface area contributed by atoms with Crippen LogP contribution in [-0.4, -0.2) is 25.8 Å². The van der Waals surface area contributed by atoms with Crippen molar-refractivity contribution < 1.29 is 14.3 Å². The van der Waals surface area contributed by atoms with Gasteiger partial charge in [0.2, 0.25) is 0 Å². The van der Waals surface area contributed by atoms with Gasteiger partial charge in [0, 0.05) is 12.8 Å². The van der Waals surface area contributed by atoms with Crippen LogP contribution in [0.25, 0.3) is 0 Å². The van der Waals surface area contributed by atoms with E-state index in [1.165, 1.54) is 23.9 Å². The second kappa shape index (κ2) is 5.40. The van der Waals surface area contributed by atoms with E-state index in [0.29, 0.717) is 16.5 Å². The fourth-order valence-corrected chi connectivity index (χ4v) is 2.49. The number of hydrogen-bond acceptors (Lipinski definition) is 4. The average Bonchev–Trinajstić information content (AvgIpc) is 2.68. The lowest BCUT2D eigenvalue weighted by molar-refractivity contribution is 0.0695. The highest BCUT2D eigenvalue weighted by Crippen LogP contribution is 2.23. The summed E-state index contributed by atoms with van der Waals surface area (Å²) in [6, 6.07) is 3.76. The van der Waals surface area contributed by atoms with Crippen molar-refractivity contribution in [3.05, 3.63) is 41.0 Å². The zero-order chi connectivity index (χ0) is 14.0. The maximum atomic E-state index is 13.0. The predicted molar refractivity (Wildman–Crippen MR) is 68.7 cm³/mol. The number of aromatic carboxylic acids is 1. The Bertz CT molecular complexity index is 627. The Morgan fingerprint density at radius 1 is 1.47 bits per heavy atom. The van der Waals surface area contributed by atoms with Crippen LogP contribution >= 0.6 is 11.8 Å². The zero-order valence-electron chi connectivity index (χ0n) is 10.4. The molecule has 1 aromatic carbocycles. The maximum Gasteiger partial charge on any atom is 0.336 e. The smallest absolute Gasteiger partial charge is 0.336 e. The lowest BCUT2D eigenvalue weighted by Gasteiger charge is -2.06. The van der Waals surface area contributed by atoms with Gasteiger partial charge in [-0.1, -0.05) is 17.8 Å². The van der Waals surface area contributed by atoms with Crippen LogP contribution in [0.3, 0.4) is 0 Å². The van der Waals surface area contributed by atoms with E-state index in [1.807, 2.05) is 18.5 Å². The van der Waals surface area contributed by atoms with Gasteiger partial charge in [-0.25, -0.2) is 9.18 Å². The van der Waals surface area contributed by atoms with E-state index in [2.05, 4.69) is 10.2 Å². The van der Waals surface area contributed by atoms with Gasteiger partial charge in [0.15, 0.2) is 5.16 Å². The number of halogens is 1. The molecule has 0 fully saturated rings. The van der Waals surface area contributed by atoms with Crippen LogP contribution in [0.5, 0.6) is 0 Å². The summed E-state index contributed by atoms with van der Waals surface area (Å²) in [6.07, 6.45) is 0. The van der Waals surface area contributed by atoms with Crippen molar-refractivity contribution in [1.82, 2.24) is 14.8 Å². The molecule has 1 aromatic heterocycles. The van der Waals surface area contributed by atoms with Crippen LogP contribution in [0.4, 0.5) is 4.39 Å². The summed E-state index contributed by atoms with van der Waals surface area (Å²) in [4.78, 5) is 11.0. The normalized spacial score (nSPS) is 10.7. The molecule has 0 bridgehead atoms. The van der Waals surface area contributed by atoms with Gasteiger partial charge in [-0.2, -0.15) is 0 Å². The number of nitrogens with zero attached hydrogens (tertiary/aromatic N) is 3. The van der Waals surface area contributed by atoms with Gasteiger partial charge in [-0.3, -0.25) is 0 Å². The first-order valence-corrected chi connectivity index (χ1v) is 6.48. The number of benzene rings is 1. The summed E-state index contributed by atoms with van der Waals surface area (Å²) in [6.45, 7) is 1.83. The number of aryl methyl sites for hydroxylation is 1. The van der Waals surface area contributed by atoms with Crippen molar-refractivity contribution in [3.8, 4) is 0 Å². The monoisotopic (exact) mass is 281 g/mol. The highest BCUT2D eigenvalue weighted by atomic mass is 32.2. The minimum absolute atomic E-state index is 0.0219. The summed E-state index contributed by atoms with van der Waals surface area (Å²) in [7, 11) is 1.83. The molecule has 0 aliphatic carbocycles. The number of rotatable bonds is 4. The number of carboxylic acid groups (broad SMARTS) is 1. The summed E-state index contributed by atoms with van der Waals surface area (Å²) in [5.41, 5.74) is 0.533. The van der Waals surface area contributed by atoms with Crippen molar-refractivity contribution in [2.45, 2.75) is 17.8 Å². The Kier molecular flexibility index (Phi) is 3.84. The molecule has 7 heteroatoms. The molecule has 5 nitrogen and oxygen atoms in total. The average molecular weight is 281 g/mol. The molecule has 0 unspecified atom stereocenters. The van der Waals surface area contributed by atoms with E-state index < -0.39 is 11.8 Å². The molecular formula is C12H12FN3O2S. The number of carbonyl (C=O) groups is 1. The molecule has 0 aliphatic heterocycles. The summed E-state index contributed by atoms with van der Waals surface area (Å²) < 4.78 is 14.9. The number of aromatic nitrogens is 3. The molecule has 0 atom stereocenters. The highest BCUT2D eigenvalue weighted by Gasteiger charge is 2.13. The van der Waals surface area contributed by atoms with Crippen molar-refractivity contribution in [2.75, 3.05) is 0 Å². The van der Waals surface area contributed by atoms with Gasteiger partial charge >= 0.3 is 5.97 Å². The topological polar surface area (TPSA) is 68.0 Å². The highest BCUT2D eigenvalue weighted by molar-refractivity contribution is 7.98. The fourth-order valence-electron chi connectivity index (χ4n) is 1.53.